The topological polar surface area (TPSA) is 38.8 Å². The number of thioether (sulfide) groups is 2. The Morgan fingerprint density at radius 1 is 1.16 bits per heavy atom. The molecule has 1 fully saturated rings. The molecule has 1 saturated heterocycles. The van der Waals surface area contributed by atoms with Gasteiger partial charge in [0.2, 0.25) is 5.91 Å². The third-order valence-electron chi connectivity index (χ3n) is 3.87. The molecule has 0 N–H and O–H groups in total. The monoisotopic (exact) mass is 375 g/mol. The number of para-hydroxylation sites is 2. The molecule has 6 heteroatoms. The summed E-state index contributed by atoms with van der Waals surface area (Å²) >= 11 is 3.34. The molecule has 1 aliphatic rings. The predicted octanol–water partition coefficient (Wildman–Crippen LogP) is 3.77. The Morgan fingerprint density at radius 3 is 2.64 bits per heavy atom. The molecule has 0 aromatic heterocycles. The highest BCUT2D eigenvalue weighted by Crippen LogP contribution is 2.30. The van der Waals surface area contributed by atoms with Gasteiger partial charge in [-0.3, -0.25) is 4.79 Å². The van der Waals surface area contributed by atoms with Crippen LogP contribution in [0.2, 0.25) is 0 Å². The lowest BCUT2D eigenvalue weighted by atomic mass is 10.3. The minimum absolute atomic E-state index is 0.0498. The fourth-order valence-corrected chi connectivity index (χ4v) is 4.54. The van der Waals surface area contributed by atoms with E-state index in [2.05, 4.69) is 0 Å². The van der Waals surface area contributed by atoms with E-state index in [0.29, 0.717) is 23.9 Å². The maximum atomic E-state index is 12.6. The summed E-state index contributed by atoms with van der Waals surface area (Å²) in [5.74, 6) is 2.98. The maximum Gasteiger partial charge on any atom is 0.233 e. The summed E-state index contributed by atoms with van der Waals surface area (Å²) in [6.45, 7) is 1.24. The van der Waals surface area contributed by atoms with E-state index in [1.54, 1.807) is 30.6 Å². The Bertz CT molecular complexity index is 696. The van der Waals surface area contributed by atoms with Crippen LogP contribution in [0.15, 0.2) is 59.5 Å². The molecule has 0 saturated carbocycles. The van der Waals surface area contributed by atoms with Crippen LogP contribution < -0.4 is 9.47 Å². The summed E-state index contributed by atoms with van der Waals surface area (Å²) in [7, 11) is 1.63. The lowest BCUT2D eigenvalue weighted by Gasteiger charge is -2.24. The van der Waals surface area contributed by atoms with Gasteiger partial charge in [-0.25, -0.2) is 0 Å². The van der Waals surface area contributed by atoms with Crippen molar-refractivity contribution >= 4 is 29.4 Å². The zero-order chi connectivity index (χ0) is 17.5. The predicted molar refractivity (Wildman–Crippen MR) is 104 cm³/mol. The summed E-state index contributed by atoms with van der Waals surface area (Å²) in [6, 6.07) is 17.6. The van der Waals surface area contributed by atoms with Gasteiger partial charge >= 0.3 is 0 Å². The Morgan fingerprint density at radius 2 is 1.88 bits per heavy atom. The number of ether oxygens (including phenoxy) is 2. The standard InChI is InChI=1S/C19H21NO3S2/c1-22-16-9-5-6-10-17(16)23-13-19-20(11-12-24-19)18(21)14-25-15-7-3-2-4-8-15/h2-10,19H,11-14H2,1H3. The van der Waals surface area contributed by atoms with Crippen LogP contribution in [0.25, 0.3) is 0 Å². The molecule has 4 nitrogen and oxygen atoms in total. The molecule has 1 aliphatic heterocycles. The maximum absolute atomic E-state index is 12.6. The van der Waals surface area contributed by atoms with Gasteiger partial charge in [0, 0.05) is 17.2 Å². The van der Waals surface area contributed by atoms with Crippen LogP contribution in [0.5, 0.6) is 11.5 Å². The van der Waals surface area contributed by atoms with Crippen molar-refractivity contribution in [3.63, 3.8) is 0 Å². The molecule has 1 unspecified atom stereocenters. The van der Waals surface area contributed by atoms with E-state index < -0.39 is 0 Å². The van der Waals surface area contributed by atoms with Gasteiger partial charge in [0.1, 0.15) is 12.0 Å². The number of hydrogen-bond acceptors (Lipinski definition) is 5. The molecular weight excluding hydrogens is 354 g/mol. The molecule has 1 atom stereocenters. The Balaban J connectivity index is 1.54. The zero-order valence-electron chi connectivity index (χ0n) is 14.1. The molecule has 1 amide bonds. The SMILES string of the molecule is COc1ccccc1OCC1SCCN1C(=O)CSc1ccccc1. The zero-order valence-corrected chi connectivity index (χ0v) is 15.7. The Labute approximate surface area is 156 Å². The molecular formula is C19H21NO3S2. The lowest BCUT2D eigenvalue weighted by Crippen LogP contribution is -2.39. The quantitative estimate of drug-likeness (QED) is 0.689. The van der Waals surface area contributed by atoms with Gasteiger partial charge in [0.25, 0.3) is 0 Å². The third kappa shape index (κ3) is 4.86. The molecule has 0 aliphatic carbocycles. The Kier molecular flexibility index (Phi) is 6.53. The summed E-state index contributed by atoms with van der Waals surface area (Å²) in [6.07, 6.45) is 0. The normalized spacial score (nSPS) is 16.7. The smallest absolute Gasteiger partial charge is 0.233 e. The number of hydrogen-bond donors (Lipinski definition) is 0. The second kappa shape index (κ2) is 9.06. The highest BCUT2D eigenvalue weighted by molar-refractivity contribution is 8.00. The van der Waals surface area contributed by atoms with Crippen LogP contribution in [0.4, 0.5) is 0 Å². The molecule has 0 radical (unpaired) electrons. The number of rotatable bonds is 7. The fraction of sp³-hybridized carbons (Fsp3) is 0.316. The highest BCUT2D eigenvalue weighted by atomic mass is 32.2. The van der Waals surface area contributed by atoms with E-state index in [1.165, 1.54) is 0 Å². The van der Waals surface area contributed by atoms with E-state index in [0.717, 1.165) is 17.2 Å². The van der Waals surface area contributed by atoms with Gasteiger partial charge in [-0.2, -0.15) is 0 Å². The van der Waals surface area contributed by atoms with E-state index >= 15 is 0 Å². The van der Waals surface area contributed by atoms with Crippen molar-refractivity contribution in [1.82, 2.24) is 4.90 Å². The summed E-state index contributed by atoms with van der Waals surface area (Å²) in [4.78, 5) is 15.6. The summed E-state index contributed by atoms with van der Waals surface area (Å²) < 4.78 is 11.2. The molecule has 25 heavy (non-hydrogen) atoms. The van der Waals surface area contributed by atoms with E-state index in [9.17, 15) is 4.79 Å². The molecule has 3 rings (SSSR count). The van der Waals surface area contributed by atoms with Gasteiger partial charge in [-0.05, 0) is 24.3 Å². The molecule has 132 valence electrons. The first-order valence-electron chi connectivity index (χ1n) is 8.12. The number of amides is 1. The molecule has 2 aromatic carbocycles. The van der Waals surface area contributed by atoms with Crippen LogP contribution in [-0.4, -0.2) is 47.9 Å². The van der Waals surface area contributed by atoms with Crippen molar-refractivity contribution < 1.29 is 14.3 Å². The second-order valence-electron chi connectivity index (χ2n) is 5.48. The first-order valence-corrected chi connectivity index (χ1v) is 10.2. The third-order valence-corrected chi connectivity index (χ3v) is 6.06. The Hall–Kier alpha value is -1.79. The van der Waals surface area contributed by atoms with E-state index in [-0.39, 0.29) is 11.3 Å². The van der Waals surface area contributed by atoms with Gasteiger partial charge in [-0.15, -0.1) is 23.5 Å². The van der Waals surface area contributed by atoms with Crippen molar-refractivity contribution in [2.24, 2.45) is 0 Å². The average Bonchev–Trinajstić information content (AvgIpc) is 3.14. The molecule has 0 spiro atoms. The minimum Gasteiger partial charge on any atom is -0.493 e. The van der Waals surface area contributed by atoms with Crippen molar-refractivity contribution in [3.05, 3.63) is 54.6 Å². The van der Waals surface area contributed by atoms with Crippen molar-refractivity contribution in [3.8, 4) is 11.5 Å². The van der Waals surface area contributed by atoms with Crippen LogP contribution in [0, 0.1) is 0 Å². The van der Waals surface area contributed by atoms with Crippen molar-refractivity contribution in [2.75, 3.05) is 31.8 Å². The molecule has 2 aromatic rings. The largest absolute Gasteiger partial charge is 0.493 e. The van der Waals surface area contributed by atoms with Crippen LogP contribution in [-0.2, 0) is 4.79 Å². The van der Waals surface area contributed by atoms with Gasteiger partial charge in [0.15, 0.2) is 11.5 Å². The van der Waals surface area contributed by atoms with Gasteiger partial charge in [0.05, 0.1) is 12.9 Å². The first kappa shape index (κ1) is 18.0. The van der Waals surface area contributed by atoms with Gasteiger partial charge in [-0.1, -0.05) is 30.3 Å². The molecule has 0 bridgehead atoms. The van der Waals surface area contributed by atoms with Gasteiger partial charge < -0.3 is 14.4 Å². The number of benzene rings is 2. The summed E-state index contributed by atoms with van der Waals surface area (Å²) in [5, 5.41) is 0.0498. The van der Waals surface area contributed by atoms with Crippen LogP contribution in [0.3, 0.4) is 0 Å². The summed E-state index contributed by atoms with van der Waals surface area (Å²) in [5.41, 5.74) is 0. The minimum atomic E-state index is 0.0498. The van der Waals surface area contributed by atoms with E-state index in [1.807, 2.05) is 59.5 Å². The average molecular weight is 376 g/mol. The van der Waals surface area contributed by atoms with Crippen molar-refractivity contribution in [2.45, 2.75) is 10.3 Å². The number of methoxy groups -OCH3 is 1. The van der Waals surface area contributed by atoms with Crippen molar-refractivity contribution in [1.29, 1.82) is 0 Å². The molecule has 1 heterocycles. The number of carbonyl (C=O) groups is 1. The highest BCUT2D eigenvalue weighted by Gasteiger charge is 2.30. The first-order chi connectivity index (χ1) is 12.3. The number of nitrogens with zero attached hydrogens (tertiary/aromatic N) is 1. The van der Waals surface area contributed by atoms with E-state index in [4.69, 9.17) is 9.47 Å². The van der Waals surface area contributed by atoms with Crippen LogP contribution in [0.1, 0.15) is 0 Å². The fourth-order valence-electron chi connectivity index (χ4n) is 2.59. The number of carbonyl (C=O) groups excluding carboxylic acids is 1. The lowest BCUT2D eigenvalue weighted by molar-refractivity contribution is -0.128. The second-order valence-corrected chi connectivity index (χ2v) is 7.81. The van der Waals surface area contributed by atoms with Crippen LogP contribution >= 0.6 is 23.5 Å².